The molecule has 1 heterocycles. The Bertz CT molecular complexity index is 1400. The summed E-state index contributed by atoms with van der Waals surface area (Å²) in [5.41, 5.74) is 3.84. The topological polar surface area (TPSA) is 115 Å². The fraction of sp³-hybridized carbons (Fsp3) is 0.651. The number of rotatable bonds is 26. The lowest BCUT2D eigenvalue weighted by atomic mass is 9.89. The molecule has 0 unspecified atom stereocenters. The van der Waals surface area contributed by atoms with Crippen LogP contribution < -0.4 is 0 Å². The SMILES string of the molecule is CC[Si](CC)(CC)O[C@@H](C/C(C)=C/[C@H](O)[C@H](C[C@H](/C(C)=C/[C@@H](CC(=O)OC)O[Si](C)(C)C(C)(C)C)C(OC)OC)OCOCc1ccccc1)c1ccoc1. The van der Waals surface area contributed by atoms with Crippen LogP contribution in [0.4, 0.5) is 0 Å². The fourth-order valence-electron chi connectivity index (χ4n) is 6.46. The predicted octanol–water partition coefficient (Wildman–Crippen LogP) is 10.1. The molecule has 2 aromatic rings. The molecule has 5 atom stereocenters. The van der Waals surface area contributed by atoms with Gasteiger partial charge in [-0.2, -0.15) is 0 Å². The van der Waals surface area contributed by atoms with Gasteiger partial charge in [-0.1, -0.05) is 95.2 Å². The molecule has 10 nitrogen and oxygen atoms in total. The van der Waals surface area contributed by atoms with Crippen LogP contribution in [-0.2, 0) is 43.9 Å². The van der Waals surface area contributed by atoms with Crippen molar-refractivity contribution in [2.24, 2.45) is 5.92 Å². The second-order valence-corrected chi connectivity index (χ2v) is 25.5. The molecular formula is C43H72O10Si2. The van der Waals surface area contributed by atoms with Gasteiger partial charge in [0, 0.05) is 25.7 Å². The maximum absolute atomic E-state index is 12.6. The summed E-state index contributed by atoms with van der Waals surface area (Å²) in [5.74, 6) is -0.741. The summed E-state index contributed by atoms with van der Waals surface area (Å²) in [6, 6.07) is 14.9. The third kappa shape index (κ3) is 15.8. The highest BCUT2D eigenvalue weighted by Crippen LogP contribution is 2.39. The quantitative estimate of drug-likeness (QED) is 0.0324. The lowest BCUT2D eigenvalue weighted by Gasteiger charge is -2.39. The first-order chi connectivity index (χ1) is 26.0. The van der Waals surface area contributed by atoms with Gasteiger partial charge in [-0.05, 0) is 74.6 Å². The van der Waals surface area contributed by atoms with Crippen LogP contribution in [-0.4, -0.2) is 80.4 Å². The van der Waals surface area contributed by atoms with E-state index in [4.69, 9.17) is 37.0 Å². The smallest absolute Gasteiger partial charge is 0.308 e. The van der Waals surface area contributed by atoms with Crippen molar-refractivity contribution in [2.75, 3.05) is 28.1 Å². The molecule has 312 valence electrons. The molecule has 0 bridgehead atoms. The third-order valence-corrected chi connectivity index (χ3v) is 20.4. The van der Waals surface area contributed by atoms with Crippen molar-refractivity contribution in [3.8, 4) is 0 Å². The molecule has 0 aliphatic heterocycles. The Hall–Kier alpha value is -2.40. The summed E-state index contributed by atoms with van der Waals surface area (Å²) in [7, 11) is 0.315. The largest absolute Gasteiger partial charge is 0.472 e. The van der Waals surface area contributed by atoms with Gasteiger partial charge in [-0.15, -0.1) is 0 Å². The van der Waals surface area contributed by atoms with Crippen molar-refractivity contribution in [1.82, 2.24) is 0 Å². The molecule has 0 saturated heterocycles. The van der Waals surface area contributed by atoms with Crippen LogP contribution in [0.2, 0.25) is 36.3 Å². The number of carbonyl (C=O) groups excluding carboxylic acids is 1. The second kappa shape index (κ2) is 23.7. The zero-order chi connectivity index (χ0) is 41.2. The fourth-order valence-corrected chi connectivity index (χ4v) is 10.5. The van der Waals surface area contributed by atoms with E-state index in [2.05, 4.69) is 54.6 Å². The zero-order valence-electron chi connectivity index (χ0n) is 36.0. The van der Waals surface area contributed by atoms with Crippen LogP contribution >= 0.6 is 0 Å². The lowest BCUT2D eigenvalue weighted by Crippen LogP contribution is -2.44. The van der Waals surface area contributed by atoms with Gasteiger partial charge >= 0.3 is 5.97 Å². The highest BCUT2D eigenvalue weighted by Gasteiger charge is 2.40. The van der Waals surface area contributed by atoms with E-state index < -0.39 is 41.2 Å². The Morgan fingerprint density at radius 1 is 0.909 bits per heavy atom. The Morgan fingerprint density at radius 2 is 1.55 bits per heavy atom. The number of ether oxygens (including phenoxy) is 5. The average Bonchev–Trinajstić information content (AvgIpc) is 3.69. The third-order valence-electron chi connectivity index (χ3n) is 11.2. The summed E-state index contributed by atoms with van der Waals surface area (Å²) in [6.07, 6.45) is 5.11. The van der Waals surface area contributed by atoms with Gasteiger partial charge in [0.2, 0.25) is 0 Å². The van der Waals surface area contributed by atoms with Gasteiger partial charge in [0.15, 0.2) is 22.9 Å². The molecule has 1 N–H and O–H groups in total. The van der Waals surface area contributed by atoms with Gasteiger partial charge < -0.3 is 42.1 Å². The van der Waals surface area contributed by atoms with Crippen LogP contribution in [0.15, 0.2) is 76.6 Å². The van der Waals surface area contributed by atoms with Crippen LogP contribution in [0.25, 0.3) is 0 Å². The summed E-state index contributed by atoms with van der Waals surface area (Å²) < 4.78 is 48.3. The van der Waals surface area contributed by atoms with Gasteiger partial charge in [0.1, 0.15) is 6.79 Å². The van der Waals surface area contributed by atoms with E-state index in [0.29, 0.717) is 19.4 Å². The van der Waals surface area contributed by atoms with E-state index in [9.17, 15) is 9.90 Å². The zero-order valence-corrected chi connectivity index (χ0v) is 38.0. The molecule has 0 spiro atoms. The summed E-state index contributed by atoms with van der Waals surface area (Å²) in [6.45, 7) is 21.8. The molecule has 0 saturated carbocycles. The molecule has 0 radical (unpaired) electrons. The van der Waals surface area contributed by atoms with Gasteiger partial charge in [0.05, 0.1) is 57.1 Å². The van der Waals surface area contributed by atoms with Crippen molar-refractivity contribution in [3.05, 3.63) is 83.3 Å². The number of aliphatic hydroxyl groups excluding tert-OH is 1. The van der Waals surface area contributed by atoms with Gasteiger partial charge in [-0.25, -0.2) is 0 Å². The Balaban J connectivity index is 2.51. The molecule has 12 heteroatoms. The van der Waals surface area contributed by atoms with Crippen LogP contribution in [0.3, 0.4) is 0 Å². The molecule has 1 aromatic carbocycles. The number of aliphatic hydroxyl groups is 1. The number of hydrogen-bond acceptors (Lipinski definition) is 10. The van der Waals surface area contributed by atoms with Crippen molar-refractivity contribution in [2.45, 2.75) is 148 Å². The molecule has 1 aromatic heterocycles. The number of carbonyl (C=O) groups is 1. The highest BCUT2D eigenvalue weighted by molar-refractivity contribution is 6.74. The van der Waals surface area contributed by atoms with E-state index in [1.807, 2.05) is 62.4 Å². The second-order valence-electron chi connectivity index (χ2n) is 16.1. The van der Waals surface area contributed by atoms with E-state index in [1.165, 1.54) is 7.11 Å². The summed E-state index contributed by atoms with van der Waals surface area (Å²) in [4.78, 5) is 12.6. The normalized spacial score (nSPS) is 16.2. The average molecular weight is 805 g/mol. The minimum absolute atomic E-state index is 0.0402. The standard InChI is InChI=1S/C43H72O10Si2/c1-14-55(15-2,16-3)53-39(35-22-23-49-30-35)25-32(4)24-38(44)40(51-31-50-29-34-20-18-17-19-21-34)28-37(42(47-10)48-11)33(5)26-36(27-41(45)46-9)52-54(12,13)43(6,7)8/h17-24,26,30,36-40,42,44H,14-16,25,27-29,31H2,1-13H3/b32-24+,33-26+/t36-,37+,38-,39-,40-/m0/s1. The molecule has 0 aliphatic rings. The Kier molecular flexibility index (Phi) is 21.0. The molecule has 0 amide bonds. The maximum atomic E-state index is 12.6. The van der Waals surface area contributed by atoms with Crippen LogP contribution in [0.5, 0.6) is 0 Å². The first kappa shape index (κ1) is 48.8. The van der Waals surface area contributed by atoms with E-state index in [0.717, 1.165) is 40.4 Å². The molecule has 0 aliphatic carbocycles. The van der Waals surface area contributed by atoms with E-state index in [1.54, 1.807) is 26.7 Å². The minimum atomic E-state index is -2.29. The number of esters is 1. The van der Waals surface area contributed by atoms with Crippen molar-refractivity contribution < 1.29 is 46.9 Å². The predicted molar refractivity (Wildman–Crippen MR) is 223 cm³/mol. The van der Waals surface area contributed by atoms with E-state index in [-0.39, 0.29) is 36.2 Å². The maximum Gasteiger partial charge on any atom is 0.308 e. The molecule has 0 fully saturated rings. The van der Waals surface area contributed by atoms with Crippen molar-refractivity contribution in [3.63, 3.8) is 0 Å². The van der Waals surface area contributed by atoms with Crippen LogP contribution in [0.1, 0.15) is 91.9 Å². The number of benzene rings is 1. The van der Waals surface area contributed by atoms with Crippen molar-refractivity contribution in [1.29, 1.82) is 0 Å². The van der Waals surface area contributed by atoms with Crippen molar-refractivity contribution >= 4 is 22.6 Å². The summed E-state index contributed by atoms with van der Waals surface area (Å²) >= 11 is 0. The van der Waals surface area contributed by atoms with Gasteiger partial charge in [0.25, 0.3) is 0 Å². The van der Waals surface area contributed by atoms with Gasteiger partial charge in [-0.3, -0.25) is 4.79 Å². The lowest BCUT2D eigenvalue weighted by molar-refractivity contribution is -0.158. The molecule has 55 heavy (non-hydrogen) atoms. The number of methoxy groups -OCH3 is 3. The Morgan fingerprint density at radius 3 is 2.07 bits per heavy atom. The summed E-state index contributed by atoms with van der Waals surface area (Å²) in [5, 5.41) is 11.9. The monoisotopic (exact) mass is 804 g/mol. The first-order valence-electron chi connectivity index (χ1n) is 19.8. The minimum Gasteiger partial charge on any atom is -0.472 e. The highest BCUT2D eigenvalue weighted by atomic mass is 28.4. The first-order valence-corrected chi connectivity index (χ1v) is 25.2. The van der Waals surface area contributed by atoms with E-state index >= 15 is 0 Å². The Labute approximate surface area is 334 Å². The van der Waals surface area contributed by atoms with Crippen LogP contribution in [0, 0.1) is 5.92 Å². The number of furan rings is 1. The number of hydrogen-bond donors (Lipinski definition) is 1. The molecular weight excluding hydrogens is 733 g/mol. The molecule has 2 rings (SSSR count).